The van der Waals surface area contributed by atoms with Crippen molar-refractivity contribution in [2.24, 2.45) is 0 Å². The molecule has 15 rings (SSSR count). The van der Waals surface area contributed by atoms with E-state index in [0.29, 0.717) is 0 Å². The second kappa shape index (κ2) is 18.1. The fourth-order valence-electron chi connectivity index (χ4n) is 13.4. The van der Waals surface area contributed by atoms with Crippen LogP contribution in [0.2, 0.25) is 0 Å². The molecule has 0 unspecified atom stereocenters. The molecule has 7 heteroatoms. The molecule has 4 aliphatic rings. The van der Waals surface area contributed by atoms with Gasteiger partial charge in [0.05, 0.1) is 5.69 Å². The third-order valence-corrected chi connectivity index (χ3v) is 17.0. The summed E-state index contributed by atoms with van der Waals surface area (Å²) in [6.07, 6.45) is 0. The molecule has 11 aromatic rings. The van der Waals surface area contributed by atoms with Crippen LogP contribution >= 0.6 is 0 Å². The van der Waals surface area contributed by atoms with Gasteiger partial charge < -0.3 is 24.5 Å². The zero-order valence-electron chi connectivity index (χ0n) is 45.1. The third-order valence-electron chi connectivity index (χ3n) is 17.0. The zero-order chi connectivity index (χ0) is 53.1. The summed E-state index contributed by atoms with van der Waals surface area (Å²) in [5.74, 6) is 0. The zero-order valence-corrected chi connectivity index (χ0v) is 45.1. The van der Waals surface area contributed by atoms with Crippen molar-refractivity contribution < 1.29 is 0 Å². The second-order valence-electron chi connectivity index (χ2n) is 22.6. The molecule has 11 aromatic carbocycles. The van der Waals surface area contributed by atoms with Crippen molar-refractivity contribution in [1.82, 2.24) is 0 Å². The molecular weight excluding hydrogens is 956 g/mol. The molecule has 0 aromatic heterocycles. The van der Waals surface area contributed by atoms with Crippen molar-refractivity contribution in [3.8, 4) is 0 Å². The number of benzene rings is 11. The summed E-state index contributed by atoms with van der Waals surface area (Å²) in [5.41, 5.74) is 28.6. The Kier molecular flexibility index (Phi) is 10.7. The van der Waals surface area contributed by atoms with Crippen molar-refractivity contribution in [2.45, 2.75) is 40.0 Å². The van der Waals surface area contributed by atoms with E-state index in [9.17, 15) is 0 Å². The Morgan fingerprint density at radius 2 is 0.633 bits per heavy atom. The molecule has 0 spiro atoms. The quantitative estimate of drug-likeness (QED) is 0.147. The minimum absolute atomic E-state index is 0.0692. The number of fused-ring (bicyclic) bond motifs is 8. The van der Waals surface area contributed by atoms with Crippen LogP contribution in [0.3, 0.4) is 0 Å². The van der Waals surface area contributed by atoms with Gasteiger partial charge in [-0.1, -0.05) is 172 Å². The van der Waals surface area contributed by atoms with Crippen LogP contribution in [0, 0.1) is 13.8 Å². The predicted octanol–water partition coefficient (Wildman–Crippen LogP) is 15.2. The van der Waals surface area contributed by atoms with Crippen LogP contribution in [-0.4, -0.2) is 13.4 Å². The molecule has 376 valence electrons. The first kappa shape index (κ1) is 46.8. The minimum atomic E-state index is -0.144. The molecule has 0 N–H and O–H groups in total. The monoisotopic (exact) mass is 1010 g/mol. The predicted molar refractivity (Wildman–Crippen MR) is 337 cm³/mol. The number of para-hydroxylation sites is 8. The summed E-state index contributed by atoms with van der Waals surface area (Å²) < 4.78 is 0. The first-order valence-electron chi connectivity index (χ1n) is 27.8. The first-order chi connectivity index (χ1) is 38.7. The molecule has 0 amide bonds. The van der Waals surface area contributed by atoms with Crippen molar-refractivity contribution in [3.05, 3.63) is 271 Å². The van der Waals surface area contributed by atoms with Crippen LogP contribution in [0.1, 0.15) is 37.5 Å². The van der Waals surface area contributed by atoms with Gasteiger partial charge in [0.15, 0.2) is 0 Å². The summed E-state index contributed by atoms with van der Waals surface area (Å²) in [7, 11) is 0. The average Bonchev–Trinajstić information content (AvgIpc) is 3.67. The summed E-state index contributed by atoms with van der Waals surface area (Å²) in [6.45, 7) is 11.3. The molecule has 0 atom stereocenters. The van der Waals surface area contributed by atoms with Crippen molar-refractivity contribution in [2.75, 3.05) is 24.5 Å². The molecule has 0 aliphatic carbocycles. The van der Waals surface area contributed by atoms with Gasteiger partial charge in [0.1, 0.15) is 0 Å². The molecular formula is C72H57B2N5. The van der Waals surface area contributed by atoms with Crippen LogP contribution in [0.15, 0.2) is 255 Å². The number of anilines is 15. The van der Waals surface area contributed by atoms with E-state index in [1.54, 1.807) is 0 Å². The van der Waals surface area contributed by atoms with E-state index >= 15 is 0 Å². The van der Waals surface area contributed by atoms with Gasteiger partial charge in [0.2, 0.25) is 0 Å². The van der Waals surface area contributed by atoms with Gasteiger partial charge in [-0.05, 0) is 172 Å². The first-order valence-corrected chi connectivity index (χ1v) is 27.8. The molecule has 0 bridgehead atoms. The maximum atomic E-state index is 2.63. The summed E-state index contributed by atoms with van der Waals surface area (Å²) in [6, 6.07) is 95.2. The van der Waals surface area contributed by atoms with Gasteiger partial charge in [0, 0.05) is 79.6 Å². The van der Waals surface area contributed by atoms with Crippen LogP contribution in [0.25, 0.3) is 0 Å². The molecule has 5 nitrogen and oxygen atoms in total. The van der Waals surface area contributed by atoms with Crippen LogP contribution in [0.4, 0.5) is 85.3 Å². The van der Waals surface area contributed by atoms with E-state index in [0.717, 1.165) is 51.2 Å². The van der Waals surface area contributed by atoms with Gasteiger partial charge in [-0.25, -0.2) is 0 Å². The summed E-state index contributed by atoms with van der Waals surface area (Å²) in [5, 5.41) is 0. The Labute approximate surface area is 465 Å². The lowest BCUT2D eigenvalue weighted by Crippen LogP contribution is -2.65. The maximum absolute atomic E-state index is 2.63. The summed E-state index contributed by atoms with van der Waals surface area (Å²) in [4.78, 5) is 12.7. The van der Waals surface area contributed by atoms with E-state index in [-0.39, 0.29) is 18.8 Å². The highest BCUT2D eigenvalue weighted by molar-refractivity contribution is 7.03. The highest BCUT2D eigenvalue weighted by Crippen LogP contribution is 2.51. The average molecular weight is 1010 g/mol. The second-order valence-corrected chi connectivity index (χ2v) is 22.6. The van der Waals surface area contributed by atoms with E-state index in [4.69, 9.17) is 0 Å². The highest BCUT2D eigenvalue weighted by atomic mass is 15.2. The van der Waals surface area contributed by atoms with Crippen molar-refractivity contribution in [3.63, 3.8) is 0 Å². The van der Waals surface area contributed by atoms with Crippen LogP contribution in [0.5, 0.6) is 0 Å². The van der Waals surface area contributed by atoms with Crippen LogP contribution in [-0.2, 0) is 5.41 Å². The van der Waals surface area contributed by atoms with Crippen LogP contribution < -0.4 is 57.3 Å². The molecule has 0 saturated carbocycles. The number of nitrogens with zero attached hydrogens (tertiary/aromatic N) is 5. The lowest BCUT2D eigenvalue weighted by molar-refractivity contribution is 0.590. The number of rotatable bonds is 7. The van der Waals surface area contributed by atoms with E-state index in [1.807, 2.05) is 0 Å². The van der Waals surface area contributed by atoms with Gasteiger partial charge in [-0.15, -0.1) is 0 Å². The molecule has 4 heterocycles. The number of aryl methyl sites for hydroxylation is 2. The van der Waals surface area contributed by atoms with E-state index < -0.39 is 0 Å². The van der Waals surface area contributed by atoms with Gasteiger partial charge in [-0.3, -0.25) is 0 Å². The number of hydrogen-bond acceptors (Lipinski definition) is 5. The Hall–Kier alpha value is -9.45. The molecule has 79 heavy (non-hydrogen) atoms. The standard InChI is InChI=1S/C72H57B2N5/c1-48-26-18-22-38-60(48)79(61-39-23-19-27-49(61)2)55-44-68-71-69(45-55)78(54-34-16-9-17-35-54)65-47-64-58(46-59(65)74(71)57-37-21-25-41-63(57)76(68)52-30-12-7-13-31-52)73-56-36-20-24-40-62(56)75(51-28-10-6-11-29-51)66-42-50(72(3,4)5)43-67(70(66)73)77(64)53-32-14-8-15-33-53/h6-47H,1-5H3. The normalized spacial score (nSPS) is 13.5. The largest absolute Gasteiger partial charge is 0.311 e. The Bertz CT molecular complexity index is 4150. The van der Waals surface area contributed by atoms with Crippen molar-refractivity contribution >= 4 is 132 Å². The topological polar surface area (TPSA) is 16.2 Å². The van der Waals surface area contributed by atoms with Gasteiger partial charge in [-0.2, -0.15) is 0 Å². The molecule has 0 radical (unpaired) electrons. The highest BCUT2D eigenvalue weighted by Gasteiger charge is 2.49. The van der Waals surface area contributed by atoms with Gasteiger partial charge >= 0.3 is 0 Å². The van der Waals surface area contributed by atoms with Crippen molar-refractivity contribution in [1.29, 1.82) is 0 Å². The fourth-order valence-corrected chi connectivity index (χ4v) is 13.4. The van der Waals surface area contributed by atoms with E-state index in [2.05, 4.69) is 314 Å². The maximum Gasteiger partial charge on any atom is 0.252 e. The smallest absolute Gasteiger partial charge is 0.252 e. The Balaban J connectivity index is 1.08. The minimum Gasteiger partial charge on any atom is -0.311 e. The SMILES string of the molecule is Cc1ccccc1N(c1cc2c3c(c1)N(c1ccccc1)c1cc4c(cc1B3c1ccccc1N2c1ccccc1)B1c2ccccc2N(c2ccccc2)c2cc(C(C)(C)C)cc(c21)N4c1ccccc1)c1ccccc1C. The molecule has 0 saturated heterocycles. The van der Waals surface area contributed by atoms with Gasteiger partial charge in [0.25, 0.3) is 13.4 Å². The Morgan fingerprint density at radius 1 is 0.304 bits per heavy atom. The molecule has 4 aliphatic heterocycles. The summed E-state index contributed by atoms with van der Waals surface area (Å²) >= 11 is 0. The fraction of sp³-hybridized carbons (Fsp3) is 0.0833. The lowest BCUT2D eigenvalue weighted by atomic mass is 9.30. The third kappa shape index (κ3) is 7.26. The number of hydrogen-bond donors (Lipinski definition) is 0. The van der Waals surface area contributed by atoms with E-state index in [1.165, 1.54) is 83.6 Å². The lowest BCUT2D eigenvalue weighted by Gasteiger charge is -2.48. The Morgan fingerprint density at radius 3 is 1.01 bits per heavy atom. The molecule has 0 fully saturated rings.